The maximum atomic E-state index is 5.83. The Morgan fingerprint density at radius 1 is 1.42 bits per heavy atom. The van der Waals surface area contributed by atoms with Crippen LogP contribution in [-0.2, 0) is 0 Å². The second-order valence-electron chi connectivity index (χ2n) is 6.14. The molecule has 1 aliphatic rings. The molecule has 1 aromatic heterocycles. The zero-order chi connectivity index (χ0) is 13.9. The molecule has 1 fully saturated rings. The third kappa shape index (κ3) is 3.07. The van der Waals surface area contributed by atoms with Crippen molar-refractivity contribution in [3.63, 3.8) is 0 Å². The smallest absolute Gasteiger partial charge is 0.137 e. The molecule has 106 valence electrons. The van der Waals surface area contributed by atoms with Gasteiger partial charge in [-0.1, -0.05) is 26.7 Å². The molecule has 2 unspecified atom stereocenters. The van der Waals surface area contributed by atoms with E-state index in [0.717, 1.165) is 11.3 Å². The van der Waals surface area contributed by atoms with E-state index < -0.39 is 0 Å². The van der Waals surface area contributed by atoms with Gasteiger partial charge in [0.2, 0.25) is 0 Å². The third-order valence-corrected chi connectivity index (χ3v) is 4.50. The summed E-state index contributed by atoms with van der Waals surface area (Å²) in [6, 6.07) is 2.17. The van der Waals surface area contributed by atoms with Crippen LogP contribution >= 0.6 is 0 Å². The van der Waals surface area contributed by atoms with Gasteiger partial charge in [0.15, 0.2) is 0 Å². The van der Waals surface area contributed by atoms with Crippen LogP contribution in [0.2, 0.25) is 0 Å². The van der Waals surface area contributed by atoms with Crippen molar-refractivity contribution in [1.29, 1.82) is 0 Å². The molecule has 1 aliphatic carbocycles. The molecule has 4 nitrogen and oxygen atoms in total. The Morgan fingerprint density at radius 3 is 2.84 bits per heavy atom. The van der Waals surface area contributed by atoms with Gasteiger partial charge in [0.1, 0.15) is 5.75 Å². The fourth-order valence-corrected chi connectivity index (χ4v) is 3.30. The summed E-state index contributed by atoms with van der Waals surface area (Å²) in [5.74, 6) is 7.14. The Morgan fingerprint density at radius 2 is 2.21 bits per heavy atom. The maximum absolute atomic E-state index is 5.83. The molecule has 0 aromatic carbocycles. The number of rotatable bonds is 4. The molecule has 1 saturated carbocycles. The zero-order valence-corrected chi connectivity index (χ0v) is 12.1. The average Bonchev–Trinajstić information content (AvgIpc) is 2.41. The number of aromatic nitrogens is 1. The van der Waals surface area contributed by atoms with Gasteiger partial charge in [0, 0.05) is 6.20 Å². The van der Waals surface area contributed by atoms with Gasteiger partial charge in [-0.25, -0.2) is 0 Å². The lowest BCUT2D eigenvalue weighted by Gasteiger charge is -2.43. The minimum atomic E-state index is 0.137. The summed E-state index contributed by atoms with van der Waals surface area (Å²) in [4.78, 5) is 4.25. The summed E-state index contributed by atoms with van der Waals surface area (Å²) < 4.78 is 5.26. The maximum Gasteiger partial charge on any atom is 0.137 e. The number of nitrogens with one attached hydrogen (secondary N) is 1. The molecule has 0 spiro atoms. The normalized spacial score (nSPS) is 23.9. The minimum Gasteiger partial charge on any atom is -0.495 e. The summed E-state index contributed by atoms with van der Waals surface area (Å²) in [6.45, 7) is 4.68. The fraction of sp³-hybridized carbons (Fsp3) is 0.667. The van der Waals surface area contributed by atoms with E-state index >= 15 is 0 Å². The Balaban J connectivity index is 2.27. The monoisotopic (exact) mass is 263 g/mol. The molecular formula is C15H25N3O. The Bertz CT molecular complexity index is 420. The van der Waals surface area contributed by atoms with Crippen molar-refractivity contribution < 1.29 is 4.74 Å². The number of hydrogen-bond acceptors (Lipinski definition) is 4. The van der Waals surface area contributed by atoms with Crippen LogP contribution in [0.3, 0.4) is 0 Å². The summed E-state index contributed by atoms with van der Waals surface area (Å²) in [6.07, 6.45) is 8.67. The van der Waals surface area contributed by atoms with Crippen LogP contribution in [0.15, 0.2) is 18.5 Å². The molecule has 0 aliphatic heterocycles. The van der Waals surface area contributed by atoms with E-state index in [1.807, 2.05) is 12.3 Å². The molecule has 0 saturated heterocycles. The van der Waals surface area contributed by atoms with Crippen LogP contribution in [0, 0.1) is 11.3 Å². The quantitative estimate of drug-likeness (QED) is 0.648. The summed E-state index contributed by atoms with van der Waals surface area (Å²) in [7, 11) is 1.66. The van der Waals surface area contributed by atoms with E-state index in [1.165, 1.54) is 25.7 Å². The van der Waals surface area contributed by atoms with Crippen molar-refractivity contribution in [2.75, 3.05) is 7.11 Å². The highest BCUT2D eigenvalue weighted by Crippen LogP contribution is 2.46. The van der Waals surface area contributed by atoms with Gasteiger partial charge in [-0.15, -0.1) is 0 Å². The SMILES string of the molecule is COc1cncc(C(NN)C2CCCCC2(C)C)c1. The van der Waals surface area contributed by atoms with E-state index in [1.54, 1.807) is 13.3 Å². The molecule has 1 heterocycles. The number of pyridine rings is 1. The number of nitrogens with zero attached hydrogens (tertiary/aromatic N) is 1. The standard InChI is InChI=1S/C15H25N3O/c1-15(2)7-5-4-6-13(15)14(18-16)11-8-12(19-3)10-17-9-11/h8-10,13-14,18H,4-7,16H2,1-3H3. The second kappa shape index (κ2) is 5.88. The number of hydrazine groups is 1. The number of methoxy groups -OCH3 is 1. The summed E-state index contributed by atoms with van der Waals surface area (Å²) in [5, 5.41) is 0. The summed E-state index contributed by atoms with van der Waals surface area (Å²) in [5.41, 5.74) is 4.42. The molecule has 2 rings (SSSR count). The van der Waals surface area contributed by atoms with Crippen LogP contribution < -0.4 is 16.0 Å². The second-order valence-corrected chi connectivity index (χ2v) is 6.14. The van der Waals surface area contributed by atoms with Crippen LogP contribution in [-0.4, -0.2) is 12.1 Å². The lowest BCUT2D eigenvalue weighted by atomic mass is 9.65. The van der Waals surface area contributed by atoms with E-state index in [2.05, 4.69) is 24.3 Å². The van der Waals surface area contributed by atoms with E-state index in [-0.39, 0.29) is 6.04 Å². The molecule has 0 radical (unpaired) electrons. The van der Waals surface area contributed by atoms with E-state index in [9.17, 15) is 0 Å². The lowest BCUT2D eigenvalue weighted by molar-refractivity contribution is 0.0980. The van der Waals surface area contributed by atoms with Gasteiger partial charge in [-0.05, 0) is 35.8 Å². The number of ether oxygens (including phenoxy) is 1. The van der Waals surface area contributed by atoms with Gasteiger partial charge in [-0.2, -0.15) is 0 Å². The van der Waals surface area contributed by atoms with Crippen LogP contribution in [0.4, 0.5) is 0 Å². The Labute approximate surface area is 115 Å². The number of hydrogen-bond donors (Lipinski definition) is 2. The molecule has 1 aromatic rings. The first-order valence-corrected chi connectivity index (χ1v) is 7.03. The van der Waals surface area contributed by atoms with Crippen molar-refractivity contribution in [3.05, 3.63) is 24.0 Å². The van der Waals surface area contributed by atoms with Crippen LogP contribution in [0.25, 0.3) is 0 Å². The highest BCUT2D eigenvalue weighted by Gasteiger charge is 2.38. The topological polar surface area (TPSA) is 60.2 Å². The van der Waals surface area contributed by atoms with E-state index in [4.69, 9.17) is 10.6 Å². The molecule has 3 N–H and O–H groups in total. The number of nitrogens with two attached hydrogens (primary N) is 1. The summed E-state index contributed by atoms with van der Waals surface area (Å²) >= 11 is 0. The zero-order valence-electron chi connectivity index (χ0n) is 12.1. The van der Waals surface area contributed by atoms with Gasteiger partial charge >= 0.3 is 0 Å². The minimum absolute atomic E-state index is 0.137. The molecule has 19 heavy (non-hydrogen) atoms. The third-order valence-electron chi connectivity index (χ3n) is 4.50. The largest absolute Gasteiger partial charge is 0.495 e. The highest BCUT2D eigenvalue weighted by atomic mass is 16.5. The lowest BCUT2D eigenvalue weighted by Crippen LogP contribution is -2.41. The highest BCUT2D eigenvalue weighted by molar-refractivity contribution is 5.26. The first-order valence-electron chi connectivity index (χ1n) is 7.03. The average molecular weight is 263 g/mol. The first-order chi connectivity index (χ1) is 9.08. The van der Waals surface area contributed by atoms with Gasteiger partial charge < -0.3 is 4.74 Å². The van der Waals surface area contributed by atoms with Gasteiger partial charge in [-0.3, -0.25) is 16.3 Å². The fourth-order valence-electron chi connectivity index (χ4n) is 3.30. The van der Waals surface area contributed by atoms with Gasteiger partial charge in [0.05, 0.1) is 19.3 Å². The van der Waals surface area contributed by atoms with Gasteiger partial charge in [0.25, 0.3) is 0 Å². The first kappa shape index (κ1) is 14.3. The van der Waals surface area contributed by atoms with Crippen molar-refractivity contribution in [3.8, 4) is 5.75 Å². The van der Waals surface area contributed by atoms with E-state index in [0.29, 0.717) is 11.3 Å². The predicted molar refractivity (Wildman–Crippen MR) is 76.6 cm³/mol. The van der Waals surface area contributed by atoms with Crippen molar-refractivity contribution in [2.24, 2.45) is 17.2 Å². The molecule has 2 atom stereocenters. The predicted octanol–water partition coefficient (Wildman–Crippen LogP) is 2.81. The Hall–Kier alpha value is -1.13. The van der Waals surface area contributed by atoms with Crippen molar-refractivity contribution >= 4 is 0 Å². The Kier molecular flexibility index (Phi) is 4.42. The van der Waals surface area contributed by atoms with Crippen molar-refractivity contribution in [1.82, 2.24) is 10.4 Å². The molecule has 4 heteroatoms. The van der Waals surface area contributed by atoms with Crippen molar-refractivity contribution in [2.45, 2.75) is 45.6 Å². The van der Waals surface area contributed by atoms with Crippen LogP contribution in [0.5, 0.6) is 5.75 Å². The molecule has 0 amide bonds. The van der Waals surface area contributed by atoms with Crippen LogP contribution in [0.1, 0.15) is 51.1 Å². The molecule has 0 bridgehead atoms. The molecular weight excluding hydrogens is 238 g/mol.